The predicted molar refractivity (Wildman–Crippen MR) is 155 cm³/mol. The van der Waals surface area contributed by atoms with Crippen LogP contribution in [0.15, 0.2) is 71.5 Å². The van der Waals surface area contributed by atoms with Crippen molar-refractivity contribution in [3.05, 3.63) is 99.1 Å². The highest BCUT2D eigenvalue weighted by Gasteiger charge is 2.42. The lowest BCUT2D eigenvalue weighted by atomic mass is 10.1. The number of hydrogen-bond donors (Lipinski definition) is 1. The molecule has 9 heteroatoms. The number of aromatic nitrogens is 2. The maximum atomic E-state index is 14.0. The van der Waals surface area contributed by atoms with E-state index in [2.05, 4.69) is 17.4 Å². The van der Waals surface area contributed by atoms with Gasteiger partial charge in [0, 0.05) is 44.4 Å². The quantitative estimate of drug-likeness (QED) is 0.378. The van der Waals surface area contributed by atoms with Crippen LogP contribution in [0.2, 0.25) is 5.02 Å². The number of benzene rings is 3. The first-order valence-electron chi connectivity index (χ1n) is 13.8. The maximum Gasteiger partial charge on any atom is 0.411 e. The summed E-state index contributed by atoms with van der Waals surface area (Å²) >= 11 is 6.50. The van der Waals surface area contributed by atoms with Crippen LogP contribution in [0.3, 0.4) is 0 Å². The van der Waals surface area contributed by atoms with Crippen molar-refractivity contribution in [1.29, 1.82) is 0 Å². The monoisotopic (exact) mass is 555 g/mol. The van der Waals surface area contributed by atoms with Crippen molar-refractivity contribution in [2.24, 2.45) is 5.92 Å². The number of nitrogens with one attached hydrogen (secondary N) is 1. The second kappa shape index (κ2) is 9.94. The van der Waals surface area contributed by atoms with Crippen LogP contribution >= 0.6 is 11.6 Å². The second-order valence-corrected chi connectivity index (χ2v) is 11.2. The van der Waals surface area contributed by atoms with E-state index in [1.54, 1.807) is 28.8 Å². The Labute approximate surface area is 237 Å². The van der Waals surface area contributed by atoms with E-state index in [0.717, 1.165) is 48.2 Å². The summed E-state index contributed by atoms with van der Waals surface area (Å²) in [5, 5.41) is 6.13. The van der Waals surface area contributed by atoms with Crippen LogP contribution in [0.4, 0.5) is 4.79 Å². The smallest absolute Gasteiger partial charge is 0.411 e. The first-order valence-corrected chi connectivity index (χ1v) is 14.2. The van der Waals surface area contributed by atoms with Crippen molar-refractivity contribution in [3.63, 3.8) is 0 Å². The molecule has 1 atom stereocenters. The summed E-state index contributed by atoms with van der Waals surface area (Å²) in [5.41, 5.74) is 4.44. The molecule has 4 aromatic rings. The van der Waals surface area contributed by atoms with Gasteiger partial charge in [0.15, 0.2) is 11.9 Å². The Kier molecular flexibility index (Phi) is 6.24. The van der Waals surface area contributed by atoms with Gasteiger partial charge < -0.3 is 20.0 Å². The lowest BCUT2D eigenvalue weighted by Crippen LogP contribution is -2.55. The molecule has 0 unspecified atom stereocenters. The van der Waals surface area contributed by atoms with Crippen molar-refractivity contribution < 1.29 is 9.53 Å². The number of nitrogens with zero attached hydrogens (tertiary/aromatic N) is 4. The summed E-state index contributed by atoms with van der Waals surface area (Å²) in [4.78, 5) is 34.5. The molecule has 3 aromatic carbocycles. The zero-order valence-corrected chi connectivity index (χ0v) is 23.0. The third-order valence-electron chi connectivity index (χ3n) is 8.26. The van der Waals surface area contributed by atoms with Crippen molar-refractivity contribution in [3.8, 4) is 11.1 Å². The summed E-state index contributed by atoms with van der Waals surface area (Å²) < 4.78 is 7.92. The van der Waals surface area contributed by atoms with Crippen molar-refractivity contribution in [2.75, 3.05) is 38.2 Å². The summed E-state index contributed by atoms with van der Waals surface area (Å²) in [6.07, 6.45) is 0.951. The Bertz CT molecular complexity index is 1630. The average Bonchev–Trinajstić information content (AvgIpc) is 3.76. The average molecular weight is 556 g/mol. The third-order valence-corrected chi connectivity index (χ3v) is 8.57. The summed E-state index contributed by atoms with van der Waals surface area (Å²) in [7, 11) is 1.76. The van der Waals surface area contributed by atoms with Gasteiger partial charge in [0.25, 0.3) is 5.56 Å². The fourth-order valence-corrected chi connectivity index (χ4v) is 6.41. The van der Waals surface area contributed by atoms with Gasteiger partial charge in [-0.2, -0.15) is 0 Å². The number of carbonyl (C=O) groups excluding carboxylic acids is 1. The normalized spacial score (nSPS) is 17.4. The minimum atomic E-state index is -0.499. The van der Waals surface area contributed by atoms with Gasteiger partial charge in [-0.3, -0.25) is 4.79 Å². The number of rotatable bonds is 5. The van der Waals surface area contributed by atoms with Gasteiger partial charge in [0.05, 0.1) is 22.0 Å². The molecule has 40 heavy (non-hydrogen) atoms. The molecular formula is C31H30ClN5O3. The number of fused-ring (bicyclic) bond motifs is 4. The lowest BCUT2D eigenvalue weighted by Gasteiger charge is -2.36. The van der Waals surface area contributed by atoms with E-state index in [4.69, 9.17) is 21.3 Å². The third kappa shape index (κ3) is 4.14. The SMILES string of the molecule is CN(C(=O)OC1c2ccccc2-c2ccccc21)[C@H](c1nc2cccc(Cl)c2c(=O)n1N1CCNCC1)C1CC1. The highest BCUT2D eigenvalue weighted by molar-refractivity contribution is 6.35. The number of carbonyl (C=O) groups is 1. The number of halogens is 1. The van der Waals surface area contributed by atoms with Gasteiger partial charge in [-0.25, -0.2) is 14.5 Å². The van der Waals surface area contributed by atoms with Crippen LogP contribution in [0.1, 0.15) is 41.9 Å². The Balaban J connectivity index is 1.29. The molecule has 1 aromatic heterocycles. The molecule has 2 aliphatic carbocycles. The van der Waals surface area contributed by atoms with Gasteiger partial charge in [0.1, 0.15) is 0 Å². The van der Waals surface area contributed by atoms with Gasteiger partial charge in [-0.15, -0.1) is 0 Å². The molecular weight excluding hydrogens is 526 g/mol. The molecule has 7 rings (SSSR count). The predicted octanol–water partition coefficient (Wildman–Crippen LogP) is 4.88. The number of hydrogen-bond acceptors (Lipinski definition) is 6. The van der Waals surface area contributed by atoms with E-state index in [0.29, 0.717) is 34.8 Å². The molecule has 1 saturated heterocycles. The van der Waals surface area contributed by atoms with Crippen LogP contribution in [0.25, 0.3) is 22.0 Å². The number of ether oxygens (including phenoxy) is 1. The maximum absolute atomic E-state index is 14.0. The molecule has 8 nitrogen and oxygen atoms in total. The molecule has 0 spiro atoms. The van der Waals surface area contributed by atoms with Gasteiger partial charge in [-0.05, 0) is 42.0 Å². The van der Waals surface area contributed by atoms with E-state index < -0.39 is 18.2 Å². The van der Waals surface area contributed by atoms with E-state index in [9.17, 15) is 9.59 Å². The zero-order chi connectivity index (χ0) is 27.4. The Morgan fingerprint density at radius 2 is 1.65 bits per heavy atom. The number of piperazine rings is 1. The molecule has 2 fully saturated rings. The van der Waals surface area contributed by atoms with Crippen LogP contribution in [0.5, 0.6) is 0 Å². The highest BCUT2D eigenvalue weighted by Crippen LogP contribution is 2.47. The second-order valence-electron chi connectivity index (χ2n) is 10.8. The van der Waals surface area contributed by atoms with E-state index in [1.807, 2.05) is 47.5 Å². The lowest BCUT2D eigenvalue weighted by molar-refractivity contribution is 0.0682. The molecule has 1 aliphatic heterocycles. The topological polar surface area (TPSA) is 79.7 Å². The number of amides is 1. The molecule has 204 valence electrons. The van der Waals surface area contributed by atoms with Gasteiger partial charge in [-0.1, -0.05) is 66.2 Å². The minimum absolute atomic E-state index is 0.179. The fraction of sp³-hybridized carbons (Fsp3) is 0.323. The summed E-state index contributed by atoms with van der Waals surface area (Å²) in [5.74, 6) is 0.731. The molecule has 1 N–H and O–H groups in total. The molecule has 0 bridgehead atoms. The Morgan fingerprint density at radius 1 is 1.00 bits per heavy atom. The van der Waals surface area contributed by atoms with Gasteiger partial charge >= 0.3 is 6.09 Å². The molecule has 2 heterocycles. The largest absolute Gasteiger partial charge is 0.436 e. The zero-order valence-electron chi connectivity index (χ0n) is 22.2. The first kappa shape index (κ1) is 25.1. The highest BCUT2D eigenvalue weighted by atomic mass is 35.5. The van der Waals surface area contributed by atoms with Crippen LogP contribution in [-0.2, 0) is 4.74 Å². The van der Waals surface area contributed by atoms with Crippen molar-refractivity contribution >= 4 is 28.6 Å². The Morgan fingerprint density at radius 3 is 2.30 bits per heavy atom. The van der Waals surface area contributed by atoms with Crippen molar-refractivity contribution in [2.45, 2.75) is 25.0 Å². The van der Waals surface area contributed by atoms with Crippen LogP contribution in [0, 0.1) is 5.92 Å². The Hall–Kier alpha value is -3.88. The van der Waals surface area contributed by atoms with Crippen LogP contribution < -0.4 is 15.9 Å². The molecule has 3 aliphatic rings. The van der Waals surface area contributed by atoms with Crippen LogP contribution in [-0.4, -0.2) is 53.9 Å². The fourth-order valence-electron chi connectivity index (χ4n) is 6.16. The molecule has 1 saturated carbocycles. The van der Waals surface area contributed by atoms with Gasteiger partial charge in [0.2, 0.25) is 0 Å². The van der Waals surface area contributed by atoms with E-state index in [1.165, 1.54) is 0 Å². The van der Waals surface area contributed by atoms with E-state index >= 15 is 0 Å². The minimum Gasteiger partial charge on any atom is -0.436 e. The van der Waals surface area contributed by atoms with E-state index in [-0.39, 0.29) is 11.5 Å². The first-order chi connectivity index (χ1) is 19.5. The molecule has 1 amide bonds. The summed E-state index contributed by atoms with van der Waals surface area (Å²) in [6, 6.07) is 21.0. The summed E-state index contributed by atoms with van der Waals surface area (Å²) in [6.45, 7) is 2.79. The van der Waals surface area contributed by atoms with Crippen molar-refractivity contribution in [1.82, 2.24) is 19.9 Å². The molecule has 0 radical (unpaired) electrons. The standard InChI is InChI=1S/C31H30ClN5O3/c1-35(31(39)40-28-22-9-4-2-7-20(22)21-8-3-5-10-23(21)28)27(19-13-14-19)29-34-25-12-6-11-24(32)26(25)30(38)37(29)36-17-15-33-16-18-36/h2-12,19,27-28,33H,13-18H2,1H3/t27-/m0/s1.